The maximum Gasteiger partial charge on any atom is 0.338 e. The Kier molecular flexibility index (Phi) is 8.93. The molecule has 1 saturated heterocycles. The third-order valence-corrected chi connectivity index (χ3v) is 6.42. The first kappa shape index (κ1) is 22.1. The second-order valence-electron chi connectivity index (χ2n) is 6.15. The van der Waals surface area contributed by atoms with E-state index in [1.165, 1.54) is 0 Å². The number of hydrogen-bond donors (Lipinski definition) is 0. The summed E-state index contributed by atoms with van der Waals surface area (Å²) in [6.07, 6.45) is -0.0993. The molecule has 0 saturated carbocycles. The fraction of sp³-hybridized carbons (Fsp3) is 0.632. The molecule has 0 amide bonds. The molecule has 0 bridgehead atoms. The Morgan fingerprint density at radius 1 is 1.11 bits per heavy atom. The number of esters is 1. The SMILES string of the molecule is CCO[C@@H]1C[C@H](CP(=O)(OCC)OCC)[C@@H](COC(=O)c2ccccc2)O1. The molecular formula is C19H29O7P. The normalized spacial score (nSPS) is 22.7. The number of carbonyl (C=O) groups excluding carboxylic acids is 1. The minimum absolute atomic E-state index is 0.0558. The van der Waals surface area contributed by atoms with E-state index in [1.54, 1.807) is 38.1 Å². The number of carbonyl (C=O) groups is 1. The van der Waals surface area contributed by atoms with Crippen LogP contribution in [0.3, 0.4) is 0 Å². The largest absolute Gasteiger partial charge is 0.459 e. The van der Waals surface area contributed by atoms with Gasteiger partial charge in [0.05, 0.1) is 31.0 Å². The van der Waals surface area contributed by atoms with Crippen molar-refractivity contribution < 1.29 is 32.6 Å². The lowest BCUT2D eigenvalue weighted by Gasteiger charge is -2.23. The van der Waals surface area contributed by atoms with Gasteiger partial charge in [-0.25, -0.2) is 4.79 Å². The molecule has 0 aliphatic carbocycles. The Balaban J connectivity index is 2.01. The standard InChI is InChI=1S/C19H29O7P/c1-4-22-18-12-16(14-27(21,24-5-2)25-6-3)17(26-18)13-23-19(20)15-10-8-7-9-11-15/h7-11,16-18H,4-6,12-14H2,1-3H3/t16-,17-,18+/m1/s1. The van der Waals surface area contributed by atoms with Crippen LogP contribution in [-0.4, -0.2) is 51.0 Å². The van der Waals surface area contributed by atoms with Gasteiger partial charge in [-0.1, -0.05) is 18.2 Å². The van der Waals surface area contributed by atoms with Crippen molar-refractivity contribution in [3.05, 3.63) is 35.9 Å². The zero-order valence-electron chi connectivity index (χ0n) is 16.2. The predicted molar refractivity (Wildman–Crippen MR) is 101 cm³/mol. The Morgan fingerprint density at radius 2 is 1.78 bits per heavy atom. The van der Waals surface area contributed by atoms with Gasteiger partial charge in [0.25, 0.3) is 0 Å². The van der Waals surface area contributed by atoms with Gasteiger partial charge >= 0.3 is 13.6 Å². The van der Waals surface area contributed by atoms with Crippen LogP contribution < -0.4 is 0 Å². The number of benzene rings is 1. The van der Waals surface area contributed by atoms with E-state index in [9.17, 15) is 9.36 Å². The molecule has 0 radical (unpaired) electrons. The van der Waals surface area contributed by atoms with E-state index in [0.29, 0.717) is 31.8 Å². The third kappa shape index (κ3) is 6.70. The van der Waals surface area contributed by atoms with Crippen LogP contribution in [0.25, 0.3) is 0 Å². The van der Waals surface area contributed by atoms with Crippen molar-refractivity contribution in [3.63, 3.8) is 0 Å². The van der Waals surface area contributed by atoms with E-state index in [2.05, 4.69) is 0 Å². The van der Waals surface area contributed by atoms with Gasteiger partial charge in [0.15, 0.2) is 6.29 Å². The van der Waals surface area contributed by atoms with Crippen LogP contribution in [0.5, 0.6) is 0 Å². The van der Waals surface area contributed by atoms with Gasteiger partial charge in [0.1, 0.15) is 6.61 Å². The first-order valence-corrected chi connectivity index (χ1v) is 11.1. The number of hydrogen-bond acceptors (Lipinski definition) is 7. The van der Waals surface area contributed by atoms with Crippen LogP contribution in [0, 0.1) is 5.92 Å². The first-order valence-electron chi connectivity index (χ1n) is 9.38. The molecule has 1 aliphatic rings. The summed E-state index contributed by atoms with van der Waals surface area (Å²) in [6.45, 7) is 6.59. The average molecular weight is 400 g/mol. The summed E-state index contributed by atoms with van der Waals surface area (Å²) in [6, 6.07) is 8.76. The molecule has 1 aromatic rings. The molecule has 1 aliphatic heterocycles. The third-order valence-electron chi connectivity index (χ3n) is 4.20. The molecule has 0 N–H and O–H groups in total. The van der Waals surface area contributed by atoms with Gasteiger partial charge in [0.2, 0.25) is 0 Å². The summed E-state index contributed by atoms with van der Waals surface area (Å²) in [4.78, 5) is 12.2. The highest BCUT2D eigenvalue weighted by atomic mass is 31.2. The van der Waals surface area contributed by atoms with Gasteiger partial charge in [-0.15, -0.1) is 0 Å². The van der Waals surface area contributed by atoms with Crippen molar-refractivity contribution in [2.75, 3.05) is 32.6 Å². The first-order chi connectivity index (χ1) is 13.0. The second-order valence-corrected chi connectivity index (χ2v) is 8.25. The predicted octanol–water partition coefficient (Wildman–Crippen LogP) is 3.88. The molecule has 1 fully saturated rings. The van der Waals surface area contributed by atoms with Crippen molar-refractivity contribution in [2.45, 2.75) is 39.6 Å². The van der Waals surface area contributed by atoms with Crippen molar-refractivity contribution in [1.82, 2.24) is 0 Å². The van der Waals surface area contributed by atoms with Crippen LogP contribution in [0.4, 0.5) is 0 Å². The monoisotopic (exact) mass is 400 g/mol. The lowest BCUT2D eigenvalue weighted by molar-refractivity contribution is -0.139. The zero-order valence-corrected chi connectivity index (χ0v) is 17.1. The Hall–Kier alpha value is -1.24. The zero-order chi connectivity index (χ0) is 19.7. The fourth-order valence-corrected chi connectivity index (χ4v) is 5.09. The van der Waals surface area contributed by atoms with Crippen LogP contribution >= 0.6 is 7.60 Å². The highest BCUT2D eigenvalue weighted by Crippen LogP contribution is 2.52. The summed E-state index contributed by atoms with van der Waals surface area (Å²) < 4.78 is 40.5. The fourth-order valence-electron chi connectivity index (χ4n) is 3.06. The van der Waals surface area contributed by atoms with E-state index < -0.39 is 26.0 Å². The molecule has 152 valence electrons. The van der Waals surface area contributed by atoms with E-state index >= 15 is 0 Å². The molecule has 27 heavy (non-hydrogen) atoms. The van der Waals surface area contributed by atoms with Crippen LogP contribution in [-0.2, 0) is 27.8 Å². The quantitative estimate of drug-likeness (QED) is 0.412. The number of ether oxygens (including phenoxy) is 3. The Labute approximate surface area is 160 Å². The molecule has 2 rings (SSSR count). The smallest absolute Gasteiger partial charge is 0.338 e. The summed E-state index contributed by atoms with van der Waals surface area (Å²) in [5.74, 6) is -0.579. The van der Waals surface area contributed by atoms with Gasteiger partial charge in [0, 0.05) is 18.9 Å². The molecule has 3 atom stereocenters. The maximum absolute atomic E-state index is 12.9. The molecule has 0 spiro atoms. The second kappa shape index (κ2) is 10.9. The Morgan fingerprint density at radius 3 is 2.37 bits per heavy atom. The van der Waals surface area contributed by atoms with Crippen molar-refractivity contribution >= 4 is 13.6 Å². The minimum Gasteiger partial charge on any atom is -0.459 e. The van der Waals surface area contributed by atoms with E-state index in [0.717, 1.165) is 0 Å². The van der Waals surface area contributed by atoms with Crippen LogP contribution in [0.15, 0.2) is 30.3 Å². The summed E-state index contributed by atoms with van der Waals surface area (Å²) in [7, 11) is -3.23. The highest BCUT2D eigenvalue weighted by molar-refractivity contribution is 7.53. The molecule has 8 heteroatoms. The van der Waals surface area contributed by atoms with Crippen molar-refractivity contribution in [2.24, 2.45) is 5.92 Å². The molecule has 0 aromatic heterocycles. The number of rotatable bonds is 11. The van der Waals surface area contributed by atoms with E-state index in [4.69, 9.17) is 23.3 Å². The van der Waals surface area contributed by atoms with E-state index in [1.807, 2.05) is 13.0 Å². The molecular weight excluding hydrogens is 371 g/mol. The van der Waals surface area contributed by atoms with Gasteiger partial charge < -0.3 is 23.3 Å². The van der Waals surface area contributed by atoms with E-state index in [-0.39, 0.29) is 18.7 Å². The average Bonchev–Trinajstić information content (AvgIpc) is 3.02. The summed E-state index contributed by atoms with van der Waals surface area (Å²) >= 11 is 0. The van der Waals surface area contributed by atoms with Gasteiger partial charge in [-0.2, -0.15) is 0 Å². The lowest BCUT2D eigenvalue weighted by atomic mass is 10.0. The molecule has 1 heterocycles. The summed E-state index contributed by atoms with van der Waals surface area (Å²) in [5.41, 5.74) is 0.475. The van der Waals surface area contributed by atoms with Gasteiger partial charge in [-0.3, -0.25) is 4.57 Å². The van der Waals surface area contributed by atoms with Crippen LogP contribution in [0.2, 0.25) is 0 Å². The Bertz CT molecular complexity index is 612. The van der Waals surface area contributed by atoms with Crippen LogP contribution in [0.1, 0.15) is 37.6 Å². The summed E-state index contributed by atoms with van der Waals surface area (Å²) in [5, 5.41) is 0. The lowest BCUT2D eigenvalue weighted by Crippen LogP contribution is -2.27. The molecule has 7 nitrogen and oxygen atoms in total. The molecule has 0 unspecified atom stereocenters. The minimum atomic E-state index is -3.23. The maximum atomic E-state index is 12.9. The van der Waals surface area contributed by atoms with Crippen molar-refractivity contribution in [1.29, 1.82) is 0 Å². The highest BCUT2D eigenvalue weighted by Gasteiger charge is 2.41. The van der Waals surface area contributed by atoms with Crippen molar-refractivity contribution in [3.8, 4) is 0 Å². The van der Waals surface area contributed by atoms with Gasteiger partial charge in [-0.05, 0) is 32.9 Å². The molecule has 1 aromatic carbocycles. The topological polar surface area (TPSA) is 80.3 Å².